The lowest BCUT2D eigenvalue weighted by Gasteiger charge is -2.06. The van der Waals surface area contributed by atoms with Gasteiger partial charge in [0, 0.05) is 17.8 Å². The van der Waals surface area contributed by atoms with Crippen molar-refractivity contribution < 1.29 is 13.2 Å². The molecule has 2 nitrogen and oxygen atoms in total. The van der Waals surface area contributed by atoms with Crippen molar-refractivity contribution in [3.63, 3.8) is 0 Å². The predicted octanol–water partition coefficient (Wildman–Crippen LogP) is 3.17. The molecule has 0 unspecified atom stereocenters. The summed E-state index contributed by atoms with van der Waals surface area (Å²) in [6.45, 7) is 7.54. The van der Waals surface area contributed by atoms with Crippen molar-refractivity contribution >= 4 is 0 Å². The van der Waals surface area contributed by atoms with E-state index < -0.39 is 11.9 Å². The second-order valence-electron chi connectivity index (χ2n) is 4.13. The molecule has 1 heterocycles. The van der Waals surface area contributed by atoms with Crippen LogP contribution in [0.25, 0.3) is 0 Å². The summed E-state index contributed by atoms with van der Waals surface area (Å²) in [4.78, 5) is 0. The first kappa shape index (κ1) is 12.1. The molecule has 0 fully saturated rings. The fourth-order valence-corrected chi connectivity index (χ4v) is 1.43. The van der Waals surface area contributed by atoms with Gasteiger partial charge in [-0.25, -0.2) is 0 Å². The van der Waals surface area contributed by atoms with Crippen molar-refractivity contribution in [1.82, 2.24) is 9.78 Å². The van der Waals surface area contributed by atoms with E-state index in [2.05, 4.69) is 5.10 Å². The van der Waals surface area contributed by atoms with Crippen LogP contribution in [0.15, 0.2) is 0 Å². The van der Waals surface area contributed by atoms with Crippen molar-refractivity contribution in [2.75, 3.05) is 0 Å². The van der Waals surface area contributed by atoms with E-state index in [4.69, 9.17) is 0 Å². The van der Waals surface area contributed by atoms with Gasteiger partial charge in [-0.05, 0) is 19.8 Å². The van der Waals surface area contributed by atoms with Gasteiger partial charge in [0.25, 0.3) is 0 Å². The highest BCUT2D eigenvalue weighted by atomic mass is 19.4. The molecule has 0 aliphatic carbocycles. The normalized spacial score (nSPS) is 12.5. The number of hydrogen-bond donors (Lipinski definition) is 0. The molecule has 0 saturated heterocycles. The van der Waals surface area contributed by atoms with Crippen LogP contribution in [0.2, 0.25) is 0 Å². The van der Waals surface area contributed by atoms with Gasteiger partial charge in [0.2, 0.25) is 0 Å². The summed E-state index contributed by atoms with van der Waals surface area (Å²) in [6, 6.07) is 0. The standard InChI is InChI=1S/C10H15F3N2/c1-6(2)5-15-8(4)7(3)9(14-15)10(11,12)13/h6H,5H2,1-4H3. The molecule has 0 bridgehead atoms. The van der Waals surface area contributed by atoms with Crippen LogP contribution in [0.3, 0.4) is 0 Å². The molecule has 5 heteroatoms. The molecule has 0 aromatic carbocycles. The minimum atomic E-state index is -4.35. The lowest BCUT2D eigenvalue weighted by molar-refractivity contribution is -0.142. The van der Waals surface area contributed by atoms with Gasteiger partial charge in [-0.15, -0.1) is 0 Å². The minimum Gasteiger partial charge on any atom is -0.269 e. The van der Waals surface area contributed by atoms with Gasteiger partial charge in [0.05, 0.1) is 0 Å². The lowest BCUT2D eigenvalue weighted by Crippen LogP contribution is -2.11. The number of alkyl halides is 3. The first-order chi connectivity index (χ1) is 6.73. The zero-order chi connectivity index (χ0) is 11.8. The number of hydrogen-bond acceptors (Lipinski definition) is 1. The monoisotopic (exact) mass is 220 g/mol. The van der Waals surface area contributed by atoms with Gasteiger partial charge in [-0.2, -0.15) is 18.3 Å². The third kappa shape index (κ3) is 2.52. The molecule has 0 atom stereocenters. The van der Waals surface area contributed by atoms with Gasteiger partial charge < -0.3 is 0 Å². The van der Waals surface area contributed by atoms with E-state index in [1.165, 1.54) is 11.6 Å². The Morgan fingerprint density at radius 3 is 2.13 bits per heavy atom. The van der Waals surface area contributed by atoms with Crippen LogP contribution in [0.4, 0.5) is 13.2 Å². The van der Waals surface area contributed by atoms with Crippen molar-refractivity contribution in [3.05, 3.63) is 17.0 Å². The van der Waals surface area contributed by atoms with E-state index >= 15 is 0 Å². The summed E-state index contributed by atoms with van der Waals surface area (Å²) in [7, 11) is 0. The number of rotatable bonds is 2. The Hall–Kier alpha value is -1.00. The second-order valence-corrected chi connectivity index (χ2v) is 4.13. The molecule has 0 aliphatic heterocycles. The largest absolute Gasteiger partial charge is 0.435 e. The molecule has 86 valence electrons. The van der Waals surface area contributed by atoms with Crippen molar-refractivity contribution in [2.45, 2.75) is 40.4 Å². The Kier molecular flexibility index (Phi) is 3.11. The highest BCUT2D eigenvalue weighted by Gasteiger charge is 2.37. The maximum atomic E-state index is 12.5. The summed E-state index contributed by atoms with van der Waals surface area (Å²) in [6.07, 6.45) is -4.35. The maximum absolute atomic E-state index is 12.5. The van der Waals surface area contributed by atoms with E-state index in [-0.39, 0.29) is 11.5 Å². The molecule has 1 rings (SSSR count). The van der Waals surface area contributed by atoms with Crippen molar-refractivity contribution in [1.29, 1.82) is 0 Å². The summed E-state index contributed by atoms with van der Waals surface area (Å²) >= 11 is 0. The molecule has 0 N–H and O–H groups in total. The SMILES string of the molecule is Cc1c(C(F)(F)F)nn(CC(C)C)c1C. The van der Waals surface area contributed by atoms with Crippen LogP contribution in [0.5, 0.6) is 0 Å². The van der Waals surface area contributed by atoms with Gasteiger partial charge >= 0.3 is 6.18 Å². The molecule has 0 saturated carbocycles. The summed E-state index contributed by atoms with van der Waals surface area (Å²) in [5.74, 6) is 0.282. The lowest BCUT2D eigenvalue weighted by atomic mass is 10.2. The molecular formula is C10H15F3N2. The fourth-order valence-electron chi connectivity index (χ4n) is 1.43. The summed E-state index contributed by atoms with van der Waals surface area (Å²) < 4.78 is 38.9. The molecular weight excluding hydrogens is 205 g/mol. The van der Waals surface area contributed by atoms with E-state index in [9.17, 15) is 13.2 Å². The predicted molar refractivity (Wildman–Crippen MR) is 51.5 cm³/mol. The molecule has 1 aromatic heterocycles. The first-order valence-corrected chi connectivity index (χ1v) is 4.84. The van der Waals surface area contributed by atoms with Gasteiger partial charge in [0.1, 0.15) is 0 Å². The smallest absolute Gasteiger partial charge is 0.269 e. The Bertz CT molecular complexity index is 350. The van der Waals surface area contributed by atoms with Crippen molar-refractivity contribution in [2.24, 2.45) is 5.92 Å². The topological polar surface area (TPSA) is 17.8 Å². The number of aromatic nitrogens is 2. The number of nitrogens with zero attached hydrogens (tertiary/aromatic N) is 2. The highest BCUT2D eigenvalue weighted by molar-refractivity contribution is 5.25. The molecule has 0 aliphatic rings. The van der Waals surface area contributed by atoms with E-state index in [0.717, 1.165) is 0 Å². The molecule has 0 spiro atoms. The maximum Gasteiger partial charge on any atom is 0.435 e. The zero-order valence-corrected chi connectivity index (χ0v) is 9.31. The van der Waals surface area contributed by atoms with Crippen LogP contribution < -0.4 is 0 Å². The van der Waals surface area contributed by atoms with Crippen LogP contribution >= 0.6 is 0 Å². The van der Waals surface area contributed by atoms with Crippen molar-refractivity contribution in [3.8, 4) is 0 Å². The average molecular weight is 220 g/mol. The van der Waals surface area contributed by atoms with E-state index in [0.29, 0.717) is 12.2 Å². The Balaban J connectivity index is 3.13. The van der Waals surface area contributed by atoms with E-state index in [1.807, 2.05) is 13.8 Å². The Morgan fingerprint density at radius 2 is 1.80 bits per heavy atom. The molecule has 15 heavy (non-hydrogen) atoms. The first-order valence-electron chi connectivity index (χ1n) is 4.84. The van der Waals surface area contributed by atoms with Gasteiger partial charge in [-0.1, -0.05) is 13.8 Å². The molecule has 1 aromatic rings. The van der Waals surface area contributed by atoms with Crippen LogP contribution in [0, 0.1) is 19.8 Å². The second kappa shape index (κ2) is 3.87. The molecule has 0 amide bonds. The quantitative estimate of drug-likeness (QED) is 0.748. The van der Waals surface area contributed by atoms with Crippen LogP contribution in [-0.4, -0.2) is 9.78 Å². The third-order valence-electron chi connectivity index (χ3n) is 2.31. The summed E-state index contributed by atoms with van der Waals surface area (Å²) in [5, 5.41) is 3.61. The average Bonchev–Trinajstić information content (AvgIpc) is 2.30. The van der Waals surface area contributed by atoms with Crippen LogP contribution in [-0.2, 0) is 12.7 Å². The fraction of sp³-hybridized carbons (Fsp3) is 0.700. The zero-order valence-electron chi connectivity index (χ0n) is 9.31. The van der Waals surface area contributed by atoms with Gasteiger partial charge in [0.15, 0.2) is 5.69 Å². The Morgan fingerprint density at radius 1 is 1.27 bits per heavy atom. The minimum absolute atomic E-state index is 0.225. The summed E-state index contributed by atoms with van der Waals surface area (Å²) in [5.41, 5.74) is 0.0554. The van der Waals surface area contributed by atoms with Crippen LogP contribution in [0.1, 0.15) is 30.8 Å². The molecule has 0 radical (unpaired) electrons. The van der Waals surface area contributed by atoms with E-state index in [1.54, 1.807) is 6.92 Å². The van der Waals surface area contributed by atoms with Gasteiger partial charge in [-0.3, -0.25) is 4.68 Å². The number of halogens is 3. The third-order valence-corrected chi connectivity index (χ3v) is 2.31. The Labute approximate surface area is 87.1 Å². The highest BCUT2D eigenvalue weighted by Crippen LogP contribution is 2.31.